The standard InChI is InChI=1S/C21H19BF3N5O3/c1-3-30(2)19(32)15(31)8-4-11-5-9-16(33-21(23,24)25)12(10-11)13-6-7-14-17(27-13)18(26)29-20(22)28-14/h5-7,9-10,15,31H,3,22H2,1-2H3,(H2,26,28,29)/t15-/m1/s1. The quantitative estimate of drug-likeness (QED) is 0.436. The van der Waals surface area contributed by atoms with Gasteiger partial charge in [-0.1, -0.05) is 11.8 Å². The van der Waals surface area contributed by atoms with Crippen LogP contribution in [0, 0.1) is 11.8 Å². The van der Waals surface area contributed by atoms with Crippen LogP contribution in [0.1, 0.15) is 12.5 Å². The first kappa shape index (κ1) is 23.8. The van der Waals surface area contributed by atoms with Crippen molar-refractivity contribution >= 4 is 36.3 Å². The second kappa shape index (κ2) is 9.34. The van der Waals surface area contributed by atoms with E-state index in [0.717, 1.165) is 6.07 Å². The molecule has 0 radical (unpaired) electrons. The van der Waals surface area contributed by atoms with Crippen LogP contribution in [0.2, 0.25) is 0 Å². The van der Waals surface area contributed by atoms with Crippen molar-refractivity contribution in [2.24, 2.45) is 0 Å². The van der Waals surface area contributed by atoms with Gasteiger partial charge >= 0.3 is 6.36 Å². The zero-order chi connectivity index (χ0) is 24.3. The lowest BCUT2D eigenvalue weighted by molar-refractivity contribution is -0.274. The second-order valence-electron chi connectivity index (χ2n) is 7.00. The molecule has 0 aliphatic heterocycles. The van der Waals surface area contributed by atoms with Crippen LogP contribution in [0.25, 0.3) is 22.3 Å². The van der Waals surface area contributed by atoms with E-state index in [1.54, 1.807) is 20.8 Å². The third kappa shape index (κ3) is 5.69. The molecule has 0 bridgehead atoms. The normalized spacial score (nSPS) is 12.1. The number of pyridine rings is 1. The summed E-state index contributed by atoms with van der Waals surface area (Å²) in [4.78, 5) is 25.8. The molecule has 3 N–H and O–H groups in total. The Balaban J connectivity index is 2.08. The predicted octanol–water partition coefficient (Wildman–Crippen LogP) is 0.622. The molecular weight excluding hydrogens is 438 g/mol. The SMILES string of the molecule is Bc1nc(N)c2nc(-c3cc(C#C[C@@H](O)C(=O)N(C)CC)ccc3OC(F)(F)F)ccc2n1. The molecule has 0 fully saturated rings. The number of hydrogen-bond acceptors (Lipinski definition) is 7. The van der Waals surface area contributed by atoms with Crippen LogP contribution in [0.3, 0.4) is 0 Å². The molecular formula is C21H19BF3N5O3. The minimum atomic E-state index is -4.94. The Morgan fingerprint density at radius 2 is 2.00 bits per heavy atom. The van der Waals surface area contributed by atoms with E-state index < -0.39 is 24.1 Å². The molecule has 170 valence electrons. The maximum Gasteiger partial charge on any atom is 0.573 e. The fourth-order valence-electron chi connectivity index (χ4n) is 2.91. The summed E-state index contributed by atoms with van der Waals surface area (Å²) in [6.07, 6.45) is -6.52. The zero-order valence-corrected chi connectivity index (χ0v) is 17.9. The number of alkyl halides is 3. The van der Waals surface area contributed by atoms with E-state index in [-0.39, 0.29) is 28.2 Å². The lowest BCUT2D eigenvalue weighted by atomic mass is 10.1. The molecule has 0 saturated heterocycles. The Morgan fingerprint density at radius 3 is 2.67 bits per heavy atom. The highest BCUT2D eigenvalue weighted by Gasteiger charge is 2.32. The molecule has 1 amide bonds. The molecule has 0 aliphatic carbocycles. The molecule has 0 unspecified atom stereocenters. The van der Waals surface area contributed by atoms with Crippen molar-refractivity contribution in [2.45, 2.75) is 19.4 Å². The molecule has 1 atom stereocenters. The number of aliphatic hydroxyl groups is 1. The van der Waals surface area contributed by atoms with Gasteiger partial charge in [0.05, 0.1) is 16.9 Å². The molecule has 2 aromatic heterocycles. The number of nitrogens with two attached hydrogens (primary N) is 1. The molecule has 2 heterocycles. The summed E-state index contributed by atoms with van der Waals surface area (Å²) < 4.78 is 43.0. The predicted molar refractivity (Wildman–Crippen MR) is 118 cm³/mol. The Morgan fingerprint density at radius 1 is 1.27 bits per heavy atom. The molecule has 12 heteroatoms. The number of nitrogen functional groups attached to an aromatic ring is 1. The molecule has 0 saturated carbocycles. The maximum absolute atomic E-state index is 13.0. The monoisotopic (exact) mass is 457 g/mol. The fourth-order valence-corrected chi connectivity index (χ4v) is 2.91. The third-order valence-corrected chi connectivity index (χ3v) is 4.60. The van der Waals surface area contributed by atoms with Gasteiger partial charge in [0.25, 0.3) is 5.91 Å². The van der Waals surface area contributed by atoms with Gasteiger partial charge in [0.15, 0.2) is 19.8 Å². The van der Waals surface area contributed by atoms with Crippen molar-refractivity contribution in [3.63, 3.8) is 0 Å². The first-order valence-electron chi connectivity index (χ1n) is 9.74. The zero-order valence-electron chi connectivity index (χ0n) is 17.9. The number of hydrogen-bond donors (Lipinski definition) is 2. The summed E-state index contributed by atoms with van der Waals surface area (Å²) in [5, 5.41) is 9.97. The number of halogens is 3. The van der Waals surface area contributed by atoms with Gasteiger partial charge in [-0.2, -0.15) is 0 Å². The molecule has 0 aliphatic rings. The lowest BCUT2D eigenvalue weighted by Gasteiger charge is -2.15. The Bertz CT molecular complexity index is 1270. The van der Waals surface area contributed by atoms with Crippen LogP contribution in [0.4, 0.5) is 19.0 Å². The van der Waals surface area contributed by atoms with Crippen LogP contribution < -0.4 is 16.2 Å². The van der Waals surface area contributed by atoms with Gasteiger partial charge in [-0.05, 0) is 37.3 Å². The van der Waals surface area contributed by atoms with Gasteiger partial charge < -0.3 is 20.5 Å². The number of fused-ring (bicyclic) bond motifs is 1. The van der Waals surface area contributed by atoms with Crippen molar-refractivity contribution in [3.05, 3.63) is 35.9 Å². The highest BCUT2D eigenvalue weighted by atomic mass is 19.4. The second-order valence-corrected chi connectivity index (χ2v) is 7.00. The minimum absolute atomic E-state index is 0.0208. The number of rotatable bonds is 4. The number of likely N-dealkylation sites (N-methyl/N-ethyl adjacent to an activating group) is 1. The molecule has 8 nitrogen and oxygen atoms in total. The van der Waals surface area contributed by atoms with Gasteiger partial charge in [-0.3, -0.25) is 4.79 Å². The summed E-state index contributed by atoms with van der Waals surface area (Å²) in [5.41, 5.74) is 7.32. The van der Waals surface area contributed by atoms with E-state index in [1.807, 2.05) is 0 Å². The smallest absolute Gasteiger partial charge is 0.405 e. The van der Waals surface area contributed by atoms with Crippen LogP contribution in [-0.4, -0.2) is 64.8 Å². The van der Waals surface area contributed by atoms with E-state index in [2.05, 4.69) is 31.5 Å². The number of benzene rings is 1. The molecule has 0 spiro atoms. The largest absolute Gasteiger partial charge is 0.573 e. The van der Waals surface area contributed by atoms with Gasteiger partial charge in [0.2, 0.25) is 0 Å². The average molecular weight is 457 g/mol. The third-order valence-electron chi connectivity index (χ3n) is 4.60. The van der Waals surface area contributed by atoms with Gasteiger partial charge in [0.1, 0.15) is 11.3 Å². The molecule has 3 aromatic rings. The van der Waals surface area contributed by atoms with Crippen molar-refractivity contribution in [1.82, 2.24) is 19.9 Å². The summed E-state index contributed by atoms with van der Waals surface area (Å²) in [5.74, 6) is 3.98. The van der Waals surface area contributed by atoms with E-state index >= 15 is 0 Å². The number of carbonyl (C=O) groups is 1. The maximum atomic E-state index is 13.0. The summed E-state index contributed by atoms with van der Waals surface area (Å²) in [6, 6.07) is 6.70. The Kier molecular flexibility index (Phi) is 6.74. The summed E-state index contributed by atoms with van der Waals surface area (Å²) in [7, 11) is 3.16. The molecule has 33 heavy (non-hydrogen) atoms. The topological polar surface area (TPSA) is 114 Å². The molecule has 3 rings (SSSR count). The van der Waals surface area contributed by atoms with Crippen molar-refractivity contribution in [1.29, 1.82) is 0 Å². The number of carbonyl (C=O) groups excluding carboxylic acids is 1. The Labute approximate surface area is 188 Å². The summed E-state index contributed by atoms with van der Waals surface area (Å²) in [6.45, 7) is 2.12. The number of ether oxygens (including phenoxy) is 1. The number of aromatic nitrogens is 3. The van der Waals surface area contributed by atoms with Crippen molar-refractivity contribution in [2.75, 3.05) is 19.3 Å². The lowest BCUT2D eigenvalue weighted by Crippen LogP contribution is -2.35. The van der Waals surface area contributed by atoms with Crippen LogP contribution in [0.15, 0.2) is 30.3 Å². The van der Waals surface area contributed by atoms with Crippen LogP contribution >= 0.6 is 0 Å². The number of anilines is 1. The van der Waals surface area contributed by atoms with E-state index in [1.165, 1.54) is 30.1 Å². The van der Waals surface area contributed by atoms with Crippen molar-refractivity contribution in [3.8, 4) is 28.8 Å². The Hall–Kier alpha value is -3.85. The average Bonchev–Trinajstić information content (AvgIpc) is 2.75. The first-order valence-corrected chi connectivity index (χ1v) is 9.74. The van der Waals surface area contributed by atoms with Crippen LogP contribution in [-0.2, 0) is 4.79 Å². The number of aliphatic hydroxyl groups excluding tert-OH is 1. The van der Waals surface area contributed by atoms with Crippen molar-refractivity contribution < 1.29 is 27.8 Å². The van der Waals surface area contributed by atoms with E-state index in [9.17, 15) is 23.1 Å². The minimum Gasteiger partial charge on any atom is -0.405 e. The fraction of sp³-hybridized carbons (Fsp3) is 0.238. The van der Waals surface area contributed by atoms with E-state index in [4.69, 9.17) is 5.73 Å². The van der Waals surface area contributed by atoms with Crippen LogP contribution in [0.5, 0.6) is 5.75 Å². The van der Waals surface area contributed by atoms with Gasteiger partial charge in [-0.15, -0.1) is 13.2 Å². The van der Waals surface area contributed by atoms with Gasteiger partial charge in [-0.25, -0.2) is 15.0 Å². The summed E-state index contributed by atoms with van der Waals surface area (Å²) >= 11 is 0. The van der Waals surface area contributed by atoms with Gasteiger partial charge in [0, 0.05) is 24.7 Å². The highest BCUT2D eigenvalue weighted by Crippen LogP contribution is 2.34. The van der Waals surface area contributed by atoms with E-state index in [0.29, 0.717) is 17.8 Å². The highest BCUT2D eigenvalue weighted by molar-refractivity contribution is 6.29. The first-order chi connectivity index (χ1) is 15.5. The molecule has 1 aromatic carbocycles. The number of nitrogens with zero attached hydrogens (tertiary/aromatic N) is 4. The number of amides is 1.